The predicted molar refractivity (Wildman–Crippen MR) is 41.5 cm³/mol. The van der Waals surface area contributed by atoms with E-state index in [0.717, 1.165) is 13.2 Å². The fourth-order valence-electron chi connectivity index (χ4n) is 1.44. The van der Waals surface area contributed by atoms with Crippen molar-refractivity contribution in [1.82, 2.24) is 4.90 Å². The Bertz CT molecular complexity index is 185. The van der Waals surface area contributed by atoms with E-state index in [4.69, 9.17) is 9.84 Å². The van der Waals surface area contributed by atoms with Gasteiger partial charge in [0, 0.05) is 25.4 Å². The quantitative estimate of drug-likeness (QED) is 0.593. The van der Waals surface area contributed by atoms with Crippen LogP contribution in [0.1, 0.15) is 6.42 Å². The highest BCUT2D eigenvalue weighted by atomic mass is 16.5. The van der Waals surface area contributed by atoms with Crippen LogP contribution in [0, 0.1) is 5.92 Å². The van der Waals surface area contributed by atoms with Crippen molar-refractivity contribution in [2.75, 3.05) is 26.3 Å². The molecule has 0 spiro atoms. The number of amides is 1. The Balaban J connectivity index is 1.70. The number of likely N-dealkylation sites (tertiary alicyclic amines) is 1. The van der Waals surface area contributed by atoms with Gasteiger partial charge in [0.25, 0.3) is 0 Å². The molecule has 0 aromatic carbocycles. The first-order valence-electron chi connectivity index (χ1n) is 4.29. The molecule has 0 aliphatic carbocycles. The molecule has 2 aliphatic heterocycles. The molecule has 0 saturated carbocycles. The van der Waals surface area contributed by atoms with Crippen LogP contribution in [-0.2, 0) is 9.53 Å². The number of aliphatic hydroxyl groups excluding tert-OH is 1. The van der Waals surface area contributed by atoms with E-state index in [1.807, 2.05) is 0 Å². The van der Waals surface area contributed by atoms with Gasteiger partial charge in [-0.3, -0.25) is 4.79 Å². The third kappa shape index (κ3) is 1.44. The SMILES string of the molecule is O=C(CC1COC1)N1CC(O)C1. The summed E-state index contributed by atoms with van der Waals surface area (Å²) in [5.74, 6) is 0.587. The number of carbonyl (C=O) groups is 1. The van der Waals surface area contributed by atoms with Crippen LogP contribution in [0.4, 0.5) is 0 Å². The second-order valence-electron chi connectivity index (χ2n) is 3.56. The van der Waals surface area contributed by atoms with Gasteiger partial charge in [-0.2, -0.15) is 0 Å². The van der Waals surface area contributed by atoms with Crippen molar-refractivity contribution in [2.45, 2.75) is 12.5 Å². The summed E-state index contributed by atoms with van der Waals surface area (Å²) in [6.45, 7) is 2.49. The maximum absolute atomic E-state index is 11.3. The fourth-order valence-corrected chi connectivity index (χ4v) is 1.44. The van der Waals surface area contributed by atoms with Crippen molar-refractivity contribution in [1.29, 1.82) is 0 Å². The van der Waals surface area contributed by atoms with Crippen molar-refractivity contribution in [3.05, 3.63) is 0 Å². The van der Waals surface area contributed by atoms with Crippen molar-refractivity contribution in [3.8, 4) is 0 Å². The second-order valence-corrected chi connectivity index (χ2v) is 3.56. The first kappa shape index (κ1) is 8.01. The third-order valence-corrected chi connectivity index (χ3v) is 2.39. The molecule has 68 valence electrons. The summed E-state index contributed by atoms with van der Waals surface area (Å²) in [7, 11) is 0. The van der Waals surface area contributed by atoms with Crippen LogP contribution in [0.25, 0.3) is 0 Å². The van der Waals surface area contributed by atoms with Crippen molar-refractivity contribution < 1.29 is 14.6 Å². The standard InChI is InChI=1S/C8H13NO3/c10-7-2-9(3-7)8(11)1-6-4-12-5-6/h6-7,10H,1-5H2. The van der Waals surface area contributed by atoms with E-state index in [-0.39, 0.29) is 12.0 Å². The number of aliphatic hydroxyl groups is 1. The zero-order valence-electron chi connectivity index (χ0n) is 6.90. The Morgan fingerprint density at radius 3 is 2.58 bits per heavy atom. The van der Waals surface area contributed by atoms with Gasteiger partial charge in [-0.25, -0.2) is 0 Å². The minimum Gasteiger partial charge on any atom is -0.389 e. The van der Waals surface area contributed by atoms with Gasteiger partial charge in [-0.15, -0.1) is 0 Å². The maximum atomic E-state index is 11.3. The summed E-state index contributed by atoms with van der Waals surface area (Å²) in [6, 6.07) is 0. The first-order chi connectivity index (χ1) is 5.75. The molecule has 2 heterocycles. The van der Waals surface area contributed by atoms with E-state index >= 15 is 0 Å². The Labute approximate surface area is 71.1 Å². The minimum absolute atomic E-state index is 0.161. The molecule has 1 amide bonds. The average Bonchev–Trinajstić information content (AvgIpc) is 1.90. The molecule has 0 aromatic rings. The third-order valence-electron chi connectivity index (χ3n) is 2.39. The second kappa shape index (κ2) is 3.03. The molecule has 1 N–H and O–H groups in total. The van der Waals surface area contributed by atoms with Gasteiger partial charge in [0.2, 0.25) is 5.91 Å². The lowest BCUT2D eigenvalue weighted by Crippen LogP contribution is -2.54. The molecule has 0 aromatic heterocycles. The molecule has 2 fully saturated rings. The Hall–Kier alpha value is -0.610. The summed E-state index contributed by atoms with van der Waals surface area (Å²) in [5, 5.41) is 8.95. The lowest BCUT2D eigenvalue weighted by atomic mass is 10.0. The van der Waals surface area contributed by atoms with Crippen LogP contribution in [0.15, 0.2) is 0 Å². The summed E-state index contributed by atoms with van der Waals surface area (Å²) < 4.78 is 4.97. The average molecular weight is 171 g/mol. The number of carbonyl (C=O) groups excluding carboxylic acids is 1. The van der Waals surface area contributed by atoms with Gasteiger partial charge in [0.1, 0.15) is 0 Å². The highest BCUT2D eigenvalue weighted by Crippen LogP contribution is 2.18. The van der Waals surface area contributed by atoms with Gasteiger partial charge in [-0.05, 0) is 0 Å². The van der Waals surface area contributed by atoms with Crippen LogP contribution in [0.2, 0.25) is 0 Å². The zero-order valence-corrected chi connectivity index (χ0v) is 6.90. The lowest BCUT2D eigenvalue weighted by Gasteiger charge is -2.37. The molecule has 0 unspecified atom stereocenters. The van der Waals surface area contributed by atoms with E-state index in [0.29, 0.717) is 25.4 Å². The fraction of sp³-hybridized carbons (Fsp3) is 0.875. The monoisotopic (exact) mass is 171 g/mol. The van der Waals surface area contributed by atoms with E-state index in [1.54, 1.807) is 4.90 Å². The Morgan fingerprint density at radius 1 is 1.50 bits per heavy atom. The number of rotatable bonds is 2. The van der Waals surface area contributed by atoms with Crippen LogP contribution in [0.3, 0.4) is 0 Å². The molecule has 4 nitrogen and oxygen atoms in total. The number of nitrogens with zero attached hydrogens (tertiary/aromatic N) is 1. The first-order valence-corrected chi connectivity index (χ1v) is 4.29. The van der Waals surface area contributed by atoms with Crippen LogP contribution in [-0.4, -0.2) is 48.3 Å². The molecule has 4 heteroatoms. The van der Waals surface area contributed by atoms with Crippen molar-refractivity contribution >= 4 is 5.91 Å². The molecule has 2 rings (SSSR count). The molecule has 0 atom stereocenters. The molecule has 0 radical (unpaired) electrons. The molecule has 2 aliphatic rings. The highest BCUT2D eigenvalue weighted by molar-refractivity contribution is 5.77. The summed E-state index contributed by atoms with van der Waals surface area (Å²) in [5.41, 5.74) is 0. The Kier molecular flexibility index (Phi) is 2.02. The van der Waals surface area contributed by atoms with E-state index in [1.165, 1.54) is 0 Å². The summed E-state index contributed by atoms with van der Waals surface area (Å²) in [6.07, 6.45) is 0.304. The molecular formula is C8H13NO3. The number of ether oxygens (including phenoxy) is 1. The number of β-amino-alcohol motifs (C(OH)–C–C–N with tert-alkyl or cyclic N) is 1. The van der Waals surface area contributed by atoms with E-state index < -0.39 is 0 Å². The zero-order chi connectivity index (χ0) is 8.55. The smallest absolute Gasteiger partial charge is 0.223 e. The molecule has 2 saturated heterocycles. The van der Waals surface area contributed by atoms with Crippen LogP contribution >= 0.6 is 0 Å². The summed E-state index contributed by atoms with van der Waals surface area (Å²) >= 11 is 0. The van der Waals surface area contributed by atoms with Crippen LogP contribution in [0.5, 0.6) is 0 Å². The van der Waals surface area contributed by atoms with Crippen LogP contribution < -0.4 is 0 Å². The Morgan fingerprint density at radius 2 is 2.17 bits per heavy atom. The largest absolute Gasteiger partial charge is 0.389 e. The van der Waals surface area contributed by atoms with Gasteiger partial charge in [0.05, 0.1) is 19.3 Å². The van der Waals surface area contributed by atoms with Gasteiger partial charge >= 0.3 is 0 Å². The lowest BCUT2D eigenvalue weighted by molar-refractivity contribution is -0.146. The molecular weight excluding hydrogens is 158 g/mol. The molecule has 12 heavy (non-hydrogen) atoms. The highest BCUT2D eigenvalue weighted by Gasteiger charge is 2.31. The van der Waals surface area contributed by atoms with Crippen molar-refractivity contribution in [2.24, 2.45) is 5.92 Å². The topological polar surface area (TPSA) is 49.8 Å². The summed E-state index contributed by atoms with van der Waals surface area (Å²) in [4.78, 5) is 13.0. The van der Waals surface area contributed by atoms with Gasteiger partial charge < -0.3 is 14.7 Å². The normalized spacial score (nSPS) is 24.9. The van der Waals surface area contributed by atoms with Crippen molar-refractivity contribution in [3.63, 3.8) is 0 Å². The number of hydrogen-bond acceptors (Lipinski definition) is 3. The molecule has 0 bridgehead atoms. The van der Waals surface area contributed by atoms with E-state index in [2.05, 4.69) is 0 Å². The number of hydrogen-bond donors (Lipinski definition) is 1. The maximum Gasteiger partial charge on any atom is 0.223 e. The van der Waals surface area contributed by atoms with Gasteiger partial charge in [-0.1, -0.05) is 0 Å². The minimum atomic E-state index is -0.286. The predicted octanol–water partition coefficient (Wildman–Crippen LogP) is -0.774. The van der Waals surface area contributed by atoms with E-state index in [9.17, 15) is 4.79 Å². The van der Waals surface area contributed by atoms with Gasteiger partial charge in [0.15, 0.2) is 0 Å².